The number of thiophene rings is 1. The Kier molecular flexibility index (Phi) is 7.04. The summed E-state index contributed by atoms with van der Waals surface area (Å²) in [6.07, 6.45) is 0. The van der Waals surface area contributed by atoms with E-state index in [0.717, 1.165) is 22.7 Å². The Hall–Kier alpha value is -6.42. The van der Waals surface area contributed by atoms with Crippen LogP contribution in [0, 0.1) is 0 Å². The third kappa shape index (κ3) is 5.10. The van der Waals surface area contributed by atoms with E-state index >= 15 is 0 Å². The van der Waals surface area contributed by atoms with E-state index in [1.165, 1.54) is 64.2 Å². The van der Waals surface area contributed by atoms with Crippen molar-refractivity contribution < 1.29 is 0 Å². The molecule has 0 radical (unpaired) electrons. The molecule has 0 spiro atoms. The Morgan fingerprint density at radius 3 is 1.39 bits per heavy atom. The standard InChI is InChI=1S/C48H32N2S/c1-2-10-33(11-3-1)34-18-24-37(25-19-34)49(40-30-31-44-43-14-6-9-17-47(43)51-48(44)32-40)38-26-20-35(21-27-38)36-22-28-39(29-23-36)50-45-15-7-4-12-41(45)42-13-5-8-16-46(42)50/h1-32H. The number of benzene rings is 8. The van der Waals surface area contributed by atoms with Gasteiger partial charge >= 0.3 is 0 Å². The Morgan fingerprint density at radius 1 is 0.333 bits per heavy atom. The van der Waals surface area contributed by atoms with E-state index < -0.39 is 0 Å². The highest BCUT2D eigenvalue weighted by Crippen LogP contribution is 2.41. The molecular formula is C48H32N2S. The molecule has 0 saturated heterocycles. The van der Waals surface area contributed by atoms with Gasteiger partial charge in [0.1, 0.15) is 0 Å². The van der Waals surface area contributed by atoms with Crippen molar-refractivity contribution in [1.82, 2.24) is 4.57 Å². The van der Waals surface area contributed by atoms with Gasteiger partial charge in [-0.1, -0.05) is 127 Å². The Bertz CT molecular complexity index is 2770. The van der Waals surface area contributed by atoms with Crippen LogP contribution in [-0.2, 0) is 0 Å². The number of aromatic nitrogens is 1. The molecule has 0 amide bonds. The number of rotatable bonds is 6. The molecule has 0 aliphatic rings. The summed E-state index contributed by atoms with van der Waals surface area (Å²) in [5, 5.41) is 5.17. The lowest BCUT2D eigenvalue weighted by molar-refractivity contribution is 1.18. The lowest BCUT2D eigenvalue weighted by Gasteiger charge is -2.26. The molecule has 10 rings (SSSR count). The summed E-state index contributed by atoms with van der Waals surface area (Å²) in [6.45, 7) is 0. The van der Waals surface area contributed by atoms with Gasteiger partial charge in [0.25, 0.3) is 0 Å². The lowest BCUT2D eigenvalue weighted by atomic mass is 10.0. The molecule has 2 aromatic heterocycles. The van der Waals surface area contributed by atoms with Crippen LogP contribution in [0.15, 0.2) is 194 Å². The molecule has 0 fully saturated rings. The van der Waals surface area contributed by atoms with Gasteiger partial charge in [-0.3, -0.25) is 0 Å². The second-order valence-corrected chi connectivity index (χ2v) is 14.1. The van der Waals surface area contributed by atoms with Crippen LogP contribution in [-0.4, -0.2) is 4.57 Å². The lowest BCUT2D eigenvalue weighted by Crippen LogP contribution is -2.09. The number of anilines is 3. The molecule has 2 heterocycles. The van der Waals surface area contributed by atoms with E-state index in [1.54, 1.807) is 0 Å². The molecule has 0 aliphatic carbocycles. The summed E-state index contributed by atoms with van der Waals surface area (Å²) in [5.74, 6) is 0. The minimum Gasteiger partial charge on any atom is -0.310 e. The molecule has 0 aliphatic heterocycles. The Morgan fingerprint density at radius 2 is 0.784 bits per heavy atom. The first-order valence-corrected chi connectivity index (χ1v) is 18.2. The van der Waals surface area contributed by atoms with Crippen molar-refractivity contribution >= 4 is 70.4 Å². The van der Waals surface area contributed by atoms with Crippen molar-refractivity contribution in [2.75, 3.05) is 4.90 Å². The fraction of sp³-hybridized carbons (Fsp3) is 0. The first-order valence-electron chi connectivity index (χ1n) is 17.3. The van der Waals surface area contributed by atoms with Crippen molar-refractivity contribution in [3.05, 3.63) is 194 Å². The second-order valence-electron chi connectivity index (χ2n) is 13.0. The summed E-state index contributed by atoms with van der Waals surface area (Å²) in [7, 11) is 0. The Labute approximate surface area is 300 Å². The SMILES string of the molecule is c1ccc(-c2ccc(N(c3ccc(-c4ccc(-n5c6ccccc6c6ccccc65)cc4)cc3)c3ccc4c(c3)sc3ccccc34)cc2)cc1. The van der Waals surface area contributed by atoms with Crippen LogP contribution in [0.3, 0.4) is 0 Å². The fourth-order valence-corrected chi connectivity index (χ4v) is 8.68. The zero-order valence-corrected chi connectivity index (χ0v) is 28.6. The van der Waals surface area contributed by atoms with E-state index in [2.05, 4.69) is 204 Å². The van der Waals surface area contributed by atoms with Gasteiger partial charge in [-0.25, -0.2) is 0 Å². The first kappa shape index (κ1) is 29.5. The summed E-state index contributed by atoms with van der Waals surface area (Å²) in [4.78, 5) is 2.37. The first-order chi connectivity index (χ1) is 25.3. The highest BCUT2D eigenvalue weighted by molar-refractivity contribution is 7.25. The second kappa shape index (κ2) is 12.2. The molecular weight excluding hydrogens is 637 g/mol. The largest absolute Gasteiger partial charge is 0.310 e. The maximum absolute atomic E-state index is 2.37. The summed E-state index contributed by atoms with van der Waals surface area (Å²) in [5.41, 5.74) is 11.8. The van der Waals surface area contributed by atoms with Crippen LogP contribution in [0.5, 0.6) is 0 Å². The maximum Gasteiger partial charge on any atom is 0.0541 e. The van der Waals surface area contributed by atoms with Crippen molar-refractivity contribution in [2.24, 2.45) is 0 Å². The van der Waals surface area contributed by atoms with Crippen molar-refractivity contribution in [1.29, 1.82) is 0 Å². The molecule has 51 heavy (non-hydrogen) atoms. The number of fused-ring (bicyclic) bond motifs is 6. The molecule has 10 aromatic rings. The van der Waals surface area contributed by atoms with Gasteiger partial charge in [0.15, 0.2) is 0 Å². The van der Waals surface area contributed by atoms with Gasteiger partial charge in [0.2, 0.25) is 0 Å². The molecule has 2 nitrogen and oxygen atoms in total. The van der Waals surface area contributed by atoms with Crippen LogP contribution >= 0.6 is 11.3 Å². The van der Waals surface area contributed by atoms with Gasteiger partial charge in [0, 0.05) is 53.7 Å². The number of para-hydroxylation sites is 2. The highest BCUT2D eigenvalue weighted by Gasteiger charge is 2.16. The summed E-state index contributed by atoms with van der Waals surface area (Å²) in [6, 6.07) is 70.3. The predicted molar refractivity (Wildman–Crippen MR) is 219 cm³/mol. The van der Waals surface area contributed by atoms with Crippen LogP contribution in [0.1, 0.15) is 0 Å². The minimum atomic E-state index is 1.12. The van der Waals surface area contributed by atoms with Gasteiger partial charge in [0.05, 0.1) is 11.0 Å². The molecule has 0 saturated carbocycles. The van der Waals surface area contributed by atoms with Crippen LogP contribution in [0.25, 0.3) is 69.9 Å². The number of hydrogen-bond acceptors (Lipinski definition) is 2. The third-order valence-electron chi connectivity index (χ3n) is 10.0. The average molecular weight is 669 g/mol. The van der Waals surface area contributed by atoms with E-state index in [9.17, 15) is 0 Å². The summed E-state index contributed by atoms with van der Waals surface area (Å²) < 4.78 is 4.97. The van der Waals surface area contributed by atoms with Crippen LogP contribution in [0.2, 0.25) is 0 Å². The molecule has 240 valence electrons. The number of nitrogens with zero attached hydrogens (tertiary/aromatic N) is 2. The molecule has 0 bridgehead atoms. The van der Waals surface area contributed by atoms with Gasteiger partial charge in [-0.2, -0.15) is 0 Å². The van der Waals surface area contributed by atoms with Crippen LogP contribution in [0.4, 0.5) is 17.1 Å². The van der Waals surface area contributed by atoms with E-state index in [1.807, 2.05) is 11.3 Å². The third-order valence-corrected chi connectivity index (χ3v) is 11.2. The van der Waals surface area contributed by atoms with Gasteiger partial charge in [-0.15, -0.1) is 11.3 Å². The number of hydrogen-bond donors (Lipinski definition) is 0. The zero-order valence-electron chi connectivity index (χ0n) is 27.8. The topological polar surface area (TPSA) is 8.17 Å². The molecule has 8 aromatic carbocycles. The quantitative estimate of drug-likeness (QED) is 0.171. The highest BCUT2D eigenvalue weighted by atomic mass is 32.1. The van der Waals surface area contributed by atoms with Gasteiger partial charge in [-0.05, 0) is 89.0 Å². The van der Waals surface area contributed by atoms with Crippen LogP contribution < -0.4 is 4.90 Å². The van der Waals surface area contributed by atoms with E-state index in [-0.39, 0.29) is 0 Å². The zero-order chi connectivity index (χ0) is 33.7. The van der Waals surface area contributed by atoms with Crippen molar-refractivity contribution in [3.8, 4) is 27.9 Å². The fourth-order valence-electron chi connectivity index (χ4n) is 7.54. The molecule has 0 unspecified atom stereocenters. The summed E-state index contributed by atoms with van der Waals surface area (Å²) >= 11 is 1.86. The van der Waals surface area contributed by atoms with Gasteiger partial charge < -0.3 is 9.47 Å². The maximum atomic E-state index is 2.37. The predicted octanol–water partition coefficient (Wildman–Crippen LogP) is 14.0. The van der Waals surface area contributed by atoms with Crippen molar-refractivity contribution in [2.45, 2.75) is 0 Å². The normalized spacial score (nSPS) is 11.5. The average Bonchev–Trinajstić information content (AvgIpc) is 3.74. The monoisotopic (exact) mass is 668 g/mol. The van der Waals surface area contributed by atoms with E-state index in [0.29, 0.717) is 0 Å². The van der Waals surface area contributed by atoms with Crippen molar-refractivity contribution in [3.63, 3.8) is 0 Å². The Balaban J connectivity index is 1.02. The van der Waals surface area contributed by atoms with E-state index in [4.69, 9.17) is 0 Å². The smallest absolute Gasteiger partial charge is 0.0541 e. The molecule has 0 N–H and O–H groups in total. The minimum absolute atomic E-state index is 1.12. The molecule has 3 heteroatoms. The molecule has 0 atom stereocenters.